The smallest absolute Gasteiger partial charge is 0.277 e. The number of aryl methyl sites for hydroxylation is 2. The minimum Gasteiger partial charge on any atom is -0.485 e. The van der Waals surface area contributed by atoms with Crippen LogP contribution in [0.1, 0.15) is 17.0 Å². The Morgan fingerprint density at radius 2 is 1.88 bits per heavy atom. The highest BCUT2D eigenvalue weighted by atomic mass is 35.5. The van der Waals surface area contributed by atoms with Crippen molar-refractivity contribution < 1.29 is 13.5 Å². The molecule has 0 bridgehead atoms. The topological polar surface area (TPSA) is 82.8 Å². The van der Waals surface area contributed by atoms with E-state index in [2.05, 4.69) is 19.9 Å². The number of aromatic nitrogens is 5. The maximum atomic E-state index is 13.8. The van der Waals surface area contributed by atoms with Crippen LogP contribution in [-0.2, 0) is 6.61 Å². The molecule has 0 aliphatic carbocycles. The largest absolute Gasteiger partial charge is 0.485 e. The van der Waals surface area contributed by atoms with Crippen molar-refractivity contribution in [3.63, 3.8) is 0 Å². The van der Waals surface area contributed by atoms with Gasteiger partial charge in [-0.25, -0.2) is 18.7 Å². The Morgan fingerprint density at radius 3 is 2.59 bits per heavy atom. The molecule has 0 unspecified atom stereocenters. The summed E-state index contributed by atoms with van der Waals surface area (Å²) in [6.07, 6.45) is 5.53. The van der Waals surface area contributed by atoms with Crippen LogP contribution in [0.2, 0.25) is 5.02 Å². The number of pyridine rings is 3. The van der Waals surface area contributed by atoms with Crippen molar-refractivity contribution >= 4 is 11.6 Å². The summed E-state index contributed by atoms with van der Waals surface area (Å²) in [7, 11) is 0. The first-order valence-electron chi connectivity index (χ1n) is 9.43. The molecule has 0 aliphatic heterocycles. The van der Waals surface area contributed by atoms with Crippen LogP contribution in [0.3, 0.4) is 0 Å². The van der Waals surface area contributed by atoms with Crippen LogP contribution in [-0.4, -0.2) is 24.5 Å². The minimum atomic E-state index is -0.851. The standard InChI is InChI=1S/C22H16ClF2N5O2/c1-12-8-27-17(16-3-4-26-11-29-16)7-19(12)30-13(2)5-20(21(23)22(30)31)32-10-18-15(25)6-14(24)9-28-18/h3-9,11H,10H2,1-2H3. The van der Waals surface area contributed by atoms with Crippen LogP contribution < -0.4 is 10.3 Å². The quantitative estimate of drug-likeness (QED) is 0.448. The number of ether oxygens (including phenoxy) is 1. The van der Waals surface area contributed by atoms with E-state index in [9.17, 15) is 13.6 Å². The lowest BCUT2D eigenvalue weighted by Crippen LogP contribution is -2.23. The number of hydrogen-bond acceptors (Lipinski definition) is 6. The van der Waals surface area contributed by atoms with Crippen LogP contribution in [0.5, 0.6) is 5.75 Å². The second-order valence-corrected chi connectivity index (χ2v) is 7.30. The lowest BCUT2D eigenvalue weighted by molar-refractivity contribution is 0.292. The van der Waals surface area contributed by atoms with Crippen molar-refractivity contribution in [2.24, 2.45) is 0 Å². The Labute approximate surface area is 186 Å². The molecule has 0 N–H and O–H groups in total. The molecule has 0 fully saturated rings. The molecule has 10 heteroatoms. The third-order valence-corrected chi connectivity index (χ3v) is 5.06. The van der Waals surface area contributed by atoms with E-state index < -0.39 is 17.2 Å². The van der Waals surface area contributed by atoms with Gasteiger partial charge in [0.05, 0.1) is 23.3 Å². The Balaban J connectivity index is 1.71. The predicted octanol–water partition coefficient (Wildman–Crippen LogP) is 4.21. The second kappa shape index (κ2) is 8.80. The maximum absolute atomic E-state index is 13.8. The summed E-state index contributed by atoms with van der Waals surface area (Å²) in [4.78, 5) is 29.2. The SMILES string of the molecule is Cc1cnc(-c2ccncn2)cc1-n1c(C)cc(OCc2ncc(F)cc2F)c(Cl)c1=O. The van der Waals surface area contributed by atoms with E-state index in [4.69, 9.17) is 16.3 Å². The van der Waals surface area contributed by atoms with Gasteiger partial charge in [0.15, 0.2) is 5.82 Å². The first kappa shape index (κ1) is 21.5. The molecule has 0 spiro atoms. The average molecular weight is 456 g/mol. The van der Waals surface area contributed by atoms with E-state index >= 15 is 0 Å². The molecule has 162 valence electrons. The summed E-state index contributed by atoms with van der Waals surface area (Å²) in [6, 6.07) is 5.72. The van der Waals surface area contributed by atoms with Crippen LogP contribution in [0.15, 0.2) is 54.0 Å². The van der Waals surface area contributed by atoms with E-state index in [1.165, 1.54) is 10.9 Å². The second-order valence-electron chi connectivity index (χ2n) is 6.93. The molecule has 0 aliphatic rings. The van der Waals surface area contributed by atoms with Gasteiger partial charge in [0.2, 0.25) is 0 Å². The van der Waals surface area contributed by atoms with E-state index in [0.29, 0.717) is 28.8 Å². The molecule has 4 heterocycles. The Bertz CT molecular complexity index is 1360. The monoisotopic (exact) mass is 455 g/mol. The molecule has 0 atom stereocenters. The van der Waals surface area contributed by atoms with Gasteiger partial charge in [-0.15, -0.1) is 0 Å². The molecular weight excluding hydrogens is 440 g/mol. The highest BCUT2D eigenvalue weighted by Gasteiger charge is 2.17. The first-order chi connectivity index (χ1) is 15.3. The normalized spacial score (nSPS) is 10.9. The molecule has 0 aromatic carbocycles. The molecule has 0 saturated heterocycles. The van der Waals surface area contributed by atoms with Gasteiger partial charge in [0.1, 0.15) is 35.2 Å². The summed E-state index contributed by atoms with van der Waals surface area (Å²) in [5.74, 6) is -1.58. The lowest BCUT2D eigenvalue weighted by atomic mass is 10.1. The van der Waals surface area contributed by atoms with Crippen molar-refractivity contribution in [1.82, 2.24) is 24.5 Å². The summed E-state index contributed by atoms with van der Waals surface area (Å²) >= 11 is 6.29. The summed E-state index contributed by atoms with van der Waals surface area (Å²) < 4.78 is 33.8. The van der Waals surface area contributed by atoms with Crippen molar-refractivity contribution in [2.75, 3.05) is 0 Å². The third-order valence-electron chi connectivity index (χ3n) is 4.71. The fourth-order valence-corrected chi connectivity index (χ4v) is 3.31. The minimum absolute atomic E-state index is 0.0682. The van der Waals surface area contributed by atoms with E-state index in [0.717, 1.165) is 11.8 Å². The lowest BCUT2D eigenvalue weighted by Gasteiger charge is -2.16. The van der Waals surface area contributed by atoms with Gasteiger partial charge in [-0.3, -0.25) is 19.3 Å². The van der Waals surface area contributed by atoms with Gasteiger partial charge in [-0.05, 0) is 31.5 Å². The molecule has 32 heavy (non-hydrogen) atoms. The summed E-state index contributed by atoms with van der Waals surface area (Å²) in [5, 5.41) is -0.182. The molecule has 4 aromatic heterocycles. The number of nitrogens with zero attached hydrogens (tertiary/aromatic N) is 5. The van der Waals surface area contributed by atoms with Crippen LogP contribution in [0.25, 0.3) is 17.1 Å². The molecular formula is C22H16ClF2N5O2. The summed E-state index contributed by atoms with van der Waals surface area (Å²) in [6.45, 7) is 3.21. The molecule has 4 aromatic rings. The Hall–Kier alpha value is -3.72. The highest BCUT2D eigenvalue weighted by molar-refractivity contribution is 6.31. The molecule has 7 nitrogen and oxygen atoms in total. The van der Waals surface area contributed by atoms with Crippen molar-refractivity contribution in [3.05, 3.63) is 93.1 Å². The van der Waals surface area contributed by atoms with E-state index in [-0.39, 0.29) is 23.1 Å². The van der Waals surface area contributed by atoms with Crippen molar-refractivity contribution in [2.45, 2.75) is 20.5 Å². The molecule has 0 amide bonds. The van der Waals surface area contributed by atoms with Crippen LogP contribution in [0, 0.1) is 25.5 Å². The van der Waals surface area contributed by atoms with Crippen LogP contribution >= 0.6 is 11.6 Å². The van der Waals surface area contributed by atoms with Crippen molar-refractivity contribution in [3.8, 4) is 22.8 Å². The zero-order valence-electron chi connectivity index (χ0n) is 17.0. The fraction of sp³-hybridized carbons (Fsp3) is 0.136. The molecule has 0 radical (unpaired) electrons. The fourth-order valence-electron chi connectivity index (χ4n) is 3.12. The Kier molecular flexibility index (Phi) is 5.91. The third kappa shape index (κ3) is 4.19. The first-order valence-corrected chi connectivity index (χ1v) is 9.81. The van der Waals surface area contributed by atoms with Gasteiger partial charge < -0.3 is 4.74 Å². The van der Waals surface area contributed by atoms with Gasteiger partial charge in [-0.2, -0.15) is 0 Å². The van der Waals surface area contributed by atoms with Gasteiger partial charge >= 0.3 is 0 Å². The highest BCUT2D eigenvalue weighted by Crippen LogP contribution is 2.27. The maximum Gasteiger partial charge on any atom is 0.277 e. The average Bonchev–Trinajstić information content (AvgIpc) is 2.78. The molecule has 4 rings (SSSR count). The predicted molar refractivity (Wildman–Crippen MR) is 114 cm³/mol. The molecule has 0 saturated carbocycles. The van der Waals surface area contributed by atoms with Crippen molar-refractivity contribution in [1.29, 1.82) is 0 Å². The van der Waals surface area contributed by atoms with Gasteiger partial charge in [0, 0.05) is 30.2 Å². The Morgan fingerprint density at radius 1 is 1.06 bits per heavy atom. The summed E-state index contributed by atoms with van der Waals surface area (Å²) in [5.41, 5.74) is 2.40. The number of rotatable bonds is 5. The number of hydrogen-bond donors (Lipinski definition) is 0. The number of halogens is 3. The van der Waals surface area contributed by atoms with Gasteiger partial charge in [-0.1, -0.05) is 11.6 Å². The van der Waals surface area contributed by atoms with E-state index in [1.807, 2.05) is 6.92 Å². The van der Waals surface area contributed by atoms with Gasteiger partial charge in [0.25, 0.3) is 5.56 Å². The zero-order valence-corrected chi connectivity index (χ0v) is 17.8. The van der Waals surface area contributed by atoms with E-state index in [1.54, 1.807) is 37.5 Å². The van der Waals surface area contributed by atoms with Crippen LogP contribution in [0.4, 0.5) is 8.78 Å². The zero-order chi connectivity index (χ0) is 22.8.